The lowest BCUT2D eigenvalue weighted by Crippen LogP contribution is -2.60. The highest BCUT2D eigenvalue weighted by molar-refractivity contribution is 5.73. The van der Waals surface area contributed by atoms with Gasteiger partial charge >= 0.3 is 0 Å². The van der Waals surface area contributed by atoms with E-state index in [9.17, 15) is 0 Å². The minimum atomic E-state index is 0.0656. The van der Waals surface area contributed by atoms with E-state index in [-0.39, 0.29) is 11.1 Å². The highest BCUT2D eigenvalue weighted by Gasteiger charge is 2.37. The van der Waals surface area contributed by atoms with Gasteiger partial charge in [-0.05, 0) is 40.5 Å². The normalized spacial score (nSPS) is 21.4. The van der Waals surface area contributed by atoms with Crippen molar-refractivity contribution in [3.8, 4) is 0 Å². The standard InChI is InChI=1S/C13H25N7/c1-12(2)5-8(6-13(3,4)20-12)18-10-9(14)11(19-15)17-7-16-10/h7-8,20H,5-6,14-15H2,1-4H3,(H2,16,17,18,19). The number of nitrogen functional groups attached to an aromatic ring is 2. The molecule has 1 saturated heterocycles. The summed E-state index contributed by atoms with van der Waals surface area (Å²) in [6, 6.07) is 0.295. The second-order valence-electron chi connectivity index (χ2n) is 6.77. The number of nitrogens with one attached hydrogen (secondary N) is 3. The lowest BCUT2D eigenvalue weighted by atomic mass is 9.79. The molecule has 0 bridgehead atoms. The summed E-state index contributed by atoms with van der Waals surface area (Å²) in [4.78, 5) is 8.20. The Kier molecular flexibility index (Phi) is 3.75. The molecule has 0 atom stereocenters. The van der Waals surface area contributed by atoms with Crippen LogP contribution in [0.25, 0.3) is 0 Å². The number of rotatable bonds is 3. The third kappa shape index (κ3) is 3.29. The van der Waals surface area contributed by atoms with Gasteiger partial charge in [0.2, 0.25) is 0 Å². The molecule has 7 N–H and O–H groups in total. The third-order valence-electron chi connectivity index (χ3n) is 3.55. The minimum absolute atomic E-state index is 0.0656. The summed E-state index contributed by atoms with van der Waals surface area (Å²) in [7, 11) is 0. The first kappa shape index (κ1) is 14.8. The van der Waals surface area contributed by atoms with Gasteiger partial charge in [0, 0.05) is 17.1 Å². The fourth-order valence-electron chi connectivity index (χ4n) is 3.24. The Morgan fingerprint density at radius 3 is 2.25 bits per heavy atom. The molecular weight excluding hydrogens is 254 g/mol. The van der Waals surface area contributed by atoms with Crippen LogP contribution in [0.15, 0.2) is 6.33 Å². The zero-order chi connectivity index (χ0) is 15.0. The van der Waals surface area contributed by atoms with Gasteiger partial charge in [-0.3, -0.25) is 0 Å². The number of hydrogen-bond acceptors (Lipinski definition) is 7. The molecule has 2 rings (SSSR count). The van der Waals surface area contributed by atoms with Gasteiger partial charge < -0.3 is 21.8 Å². The van der Waals surface area contributed by atoms with Crippen molar-refractivity contribution in [1.29, 1.82) is 0 Å². The molecule has 7 heteroatoms. The molecule has 0 radical (unpaired) electrons. The number of anilines is 3. The molecule has 0 aromatic carbocycles. The maximum Gasteiger partial charge on any atom is 0.168 e. The predicted molar refractivity (Wildman–Crippen MR) is 82.2 cm³/mol. The Morgan fingerprint density at radius 1 is 1.15 bits per heavy atom. The first-order chi connectivity index (χ1) is 9.22. The average molecular weight is 279 g/mol. The van der Waals surface area contributed by atoms with E-state index in [1.807, 2.05) is 0 Å². The van der Waals surface area contributed by atoms with E-state index in [1.54, 1.807) is 0 Å². The molecule has 0 amide bonds. The van der Waals surface area contributed by atoms with Crippen molar-refractivity contribution in [1.82, 2.24) is 15.3 Å². The molecule has 112 valence electrons. The summed E-state index contributed by atoms with van der Waals surface area (Å²) in [6.07, 6.45) is 3.43. The van der Waals surface area contributed by atoms with Crippen LogP contribution in [0.5, 0.6) is 0 Å². The largest absolute Gasteiger partial charge is 0.393 e. The molecule has 1 aromatic rings. The van der Waals surface area contributed by atoms with E-state index in [0.29, 0.717) is 23.4 Å². The maximum atomic E-state index is 6.00. The van der Waals surface area contributed by atoms with Crippen LogP contribution < -0.4 is 27.6 Å². The lowest BCUT2D eigenvalue weighted by molar-refractivity contribution is 0.170. The van der Waals surface area contributed by atoms with Crippen molar-refractivity contribution in [3.63, 3.8) is 0 Å². The number of piperidine rings is 1. The minimum Gasteiger partial charge on any atom is -0.393 e. The first-order valence-corrected chi connectivity index (χ1v) is 6.85. The van der Waals surface area contributed by atoms with Crippen LogP contribution in [0, 0.1) is 0 Å². The number of aromatic nitrogens is 2. The van der Waals surface area contributed by atoms with E-state index in [1.165, 1.54) is 6.33 Å². The predicted octanol–water partition coefficient (Wildman–Crippen LogP) is 1.07. The zero-order valence-electron chi connectivity index (χ0n) is 12.6. The molecule has 0 aliphatic carbocycles. The van der Waals surface area contributed by atoms with Crippen LogP contribution in [0.3, 0.4) is 0 Å². The van der Waals surface area contributed by atoms with Crippen LogP contribution in [0.4, 0.5) is 17.3 Å². The first-order valence-electron chi connectivity index (χ1n) is 6.85. The third-order valence-corrected chi connectivity index (χ3v) is 3.55. The monoisotopic (exact) mass is 279 g/mol. The van der Waals surface area contributed by atoms with Crippen molar-refractivity contribution in [3.05, 3.63) is 6.33 Å². The SMILES string of the molecule is CC1(C)CC(Nc2ncnc(NN)c2N)CC(C)(C)N1. The van der Waals surface area contributed by atoms with Crippen LogP contribution >= 0.6 is 0 Å². The fourth-order valence-corrected chi connectivity index (χ4v) is 3.24. The zero-order valence-corrected chi connectivity index (χ0v) is 12.6. The van der Waals surface area contributed by atoms with Gasteiger partial charge in [0.25, 0.3) is 0 Å². The molecular formula is C13H25N7. The lowest BCUT2D eigenvalue weighted by Gasteiger charge is -2.46. The Bertz CT molecular complexity index is 468. The van der Waals surface area contributed by atoms with Gasteiger partial charge in [0.05, 0.1) is 0 Å². The van der Waals surface area contributed by atoms with Crippen LogP contribution in [-0.2, 0) is 0 Å². The van der Waals surface area contributed by atoms with Gasteiger partial charge in [0.15, 0.2) is 11.6 Å². The average Bonchev–Trinajstić information content (AvgIpc) is 2.27. The summed E-state index contributed by atoms with van der Waals surface area (Å²) < 4.78 is 0. The van der Waals surface area contributed by atoms with E-state index in [2.05, 4.69) is 53.7 Å². The smallest absolute Gasteiger partial charge is 0.168 e. The quantitative estimate of drug-likeness (QED) is 0.415. The molecule has 20 heavy (non-hydrogen) atoms. The van der Waals surface area contributed by atoms with Crippen molar-refractivity contribution in [2.24, 2.45) is 5.84 Å². The molecule has 1 aliphatic heterocycles. The molecule has 1 aliphatic rings. The molecule has 0 unspecified atom stereocenters. The summed E-state index contributed by atoms with van der Waals surface area (Å²) in [6.45, 7) is 8.83. The number of nitrogens with zero attached hydrogens (tertiary/aromatic N) is 2. The highest BCUT2D eigenvalue weighted by atomic mass is 15.3. The second-order valence-corrected chi connectivity index (χ2v) is 6.77. The second kappa shape index (κ2) is 5.06. The van der Waals surface area contributed by atoms with Crippen molar-refractivity contribution in [2.75, 3.05) is 16.5 Å². The van der Waals surface area contributed by atoms with E-state index in [4.69, 9.17) is 11.6 Å². The molecule has 2 heterocycles. The number of hydrazine groups is 1. The maximum absolute atomic E-state index is 6.00. The van der Waals surface area contributed by atoms with Crippen molar-refractivity contribution in [2.45, 2.75) is 57.7 Å². The summed E-state index contributed by atoms with van der Waals surface area (Å²) in [5, 5.41) is 7.07. The Hall–Kier alpha value is -1.60. The fraction of sp³-hybridized carbons (Fsp3) is 0.692. The molecule has 7 nitrogen and oxygen atoms in total. The van der Waals surface area contributed by atoms with Crippen molar-refractivity contribution < 1.29 is 0 Å². The summed E-state index contributed by atoms with van der Waals surface area (Å²) in [5.74, 6) is 6.45. The molecule has 1 aromatic heterocycles. The van der Waals surface area contributed by atoms with Crippen LogP contribution in [-0.4, -0.2) is 27.1 Å². The number of hydrogen-bond donors (Lipinski definition) is 5. The van der Waals surface area contributed by atoms with Gasteiger partial charge in [-0.25, -0.2) is 15.8 Å². The Morgan fingerprint density at radius 2 is 1.70 bits per heavy atom. The molecule has 0 saturated carbocycles. The Balaban J connectivity index is 2.17. The summed E-state index contributed by atoms with van der Waals surface area (Å²) >= 11 is 0. The highest BCUT2D eigenvalue weighted by Crippen LogP contribution is 2.31. The molecule has 1 fully saturated rings. The van der Waals surface area contributed by atoms with E-state index in [0.717, 1.165) is 12.8 Å². The summed E-state index contributed by atoms with van der Waals surface area (Å²) in [5.41, 5.74) is 9.06. The van der Waals surface area contributed by atoms with Crippen molar-refractivity contribution >= 4 is 17.3 Å². The van der Waals surface area contributed by atoms with Gasteiger partial charge in [-0.1, -0.05) is 0 Å². The van der Waals surface area contributed by atoms with E-state index >= 15 is 0 Å². The molecule has 0 spiro atoms. The van der Waals surface area contributed by atoms with Gasteiger partial charge in [0.1, 0.15) is 12.0 Å². The van der Waals surface area contributed by atoms with Crippen LogP contribution in [0.1, 0.15) is 40.5 Å². The van der Waals surface area contributed by atoms with Gasteiger partial charge in [-0.15, -0.1) is 0 Å². The van der Waals surface area contributed by atoms with Gasteiger partial charge in [-0.2, -0.15) is 0 Å². The van der Waals surface area contributed by atoms with E-state index < -0.39 is 0 Å². The van der Waals surface area contributed by atoms with Crippen LogP contribution in [0.2, 0.25) is 0 Å². The topological polar surface area (TPSA) is 114 Å². The number of nitrogens with two attached hydrogens (primary N) is 2. The Labute approximate surface area is 119 Å².